The van der Waals surface area contributed by atoms with Crippen molar-refractivity contribution in [2.45, 2.75) is 38.9 Å². The zero-order chi connectivity index (χ0) is 14.2. The molecule has 2 heterocycles. The summed E-state index contributed by atoms with van der Waals surface area (Å²) in [4.78, 5) is 0. The van der Waals surface area contributed by atoms with Crippen LogP contribution in [0.3, 0.4) is 0 Å². The van der Waals surface area contributed by atoms with E-state index in [0.717, 1.165) is 23.6 Å². The highest BCUT2D eigenvalue weighted by Gasteiger charge is 2.22. The van der Waals surface area contributed by atoms with E-state index in [1.165, 1.54) is 23.8 Å². The molecule has 1 N–H and O–H groups in total. The highest BCUT2D eigenvalue weighted by molar-refractivity contribution is 5.82. The van der Waals surface area contributed by atoms with Crippen molar-refractivity contribution in [1.29, 1.82) is 0 Å². The molecular weight excluding hydrogens is 262 g/mol. The second-order valence-corrected chi connectivity index (χ2v) is 5.81. The Bertz CT molecular complexity index is 767. The van der Waals surface area contributed by atoms with Crippen molar-refractivity contribution in [3.05, 3.63) is 53.5 Å². The smallest absolute Gasteiger partial charge is 0.134 e. The molecule has 1 fully saturated rings. The predicted octanol–water partition coefficient (Wildman–Crippen LogP) is 3.24. The minimum atomic E-state index is 0.685. The van der Waals surface area contributed by atoms with Crippen molar-refractivity contribution in [2.75, 3.05) is 0 Å². The fourth-order valence-corrected chi connectivity index (χ4v) is 2.70. The van der Waals surface area contributed by atoms with Gasteiger partial charge in [-0.15, -0.1) is 0 Å². The molecule has 108 valence electrons. The van der Waals surface area contributed by atoms with Gasteiger partial charge in [0.1, 0.15) is 11.3 Å². The molecule has 4 nitrogen and oxygen atoms in total. The van der Waals surface area contributed by atoms with Crippen LogP contribution in [0.25, 0.3) is 11.0 Å². The van der Waals surface area contributed by atoms with Crippen molar-refractivity contribution in [3.8, 4) is 0 Å². The maximum atomic E-state index is 6.06. The number of hydrogen-bond acceptors (Lipinski definition) is 3. The molecule has 1 aromatic carbocycles. The topological polar surface area (TPSA) is 43.0 Å². The van der Waals surface area contributed by atoms with E-state index < -0.39 is 0 Å². The monoisotopic (exact) mass is 281 g/mol. The van der Waals surface area contributed by atoms with Crippen molar-refractivity contribution in [1.82, 2.24) is 15.1 Å². The number of rotatable bonds is 5. The number of nitrogens with zero attached hydrogens (tertiary/aromatic N) is 2. The third-order valence-corrected chi connectivity index (χ3v) is 4.01. The Balaban J connectivity index is 1.69. The predicted molar refractivity (Wildman–Crippen MR) is 82.1 cm³/mol. The normalized spacial score (nSPS) is 14.9. The van der Waals surface area contributed by atoms with Gasteiger partial charge in [0.25, 0.3) is 0 Å². The molecule has 0 atom stereocenters. The summed E-state index contributed by atoms with van der Waals surface area (Å²) >= 11 is 0. The van der Waals surface area contributed by atoms with Crippen molar-refractivity contribution in [2.24, 2.45) is 0 Å². The molecule has 2 aromatic heterocycles. The number of para-hydroxylation sites is 1. The lowest BCUT2D eigenvalue weighted by molar-refractivity contribution is 0.498. The van der Waals surface area contributed by atoms with Crippen LogP contribution >= 0.6 is 0 Å². The van der Waals surface area contributed by atoms with Gasteiger partial charge in [0, 0.05) is 29.7 Å². The van der Waals surface area contributed by atoms with E-state index in [-0.39, 0.29) is 0 Å². The summed E-state index contributed by atoms with van der Waals surface area (Å²) in [5.74, 6) is 1.01. The van der Waals surface area contributed by atoms with Crippen molar-refractivity contribution in [3.63, 3.8) is 0 Å². The Morgan fingerprint density at radius 2 is 2.14 bits per heavy atom. The fourth-order valence-electron chi connectivity index (χ4n) is 2.70. The molecule has 0 radical (unpaired) electrons. The first-order valence-corrected chi connectivity index (χ1v) is 7.52. The fraction of sp³-hybridized carbons (Fsp3) is 0.353. The molecule has 0 bridgehead atoms. The van der Waals surface area contributed by atoms with E-state index in [9.17, 15) is 0 Å². The van der Waals surface area contributed by atoms with Gasteiger partial charge in [-0.05, 0) is 31.9 Å². The molecule has 0 unspecified atom stereocenters. The van der Waals surface area contributed by atoms with Gasteiger partial charge in [0.05, 0.1) is 12.2 Å². The second kappa shape index (κ2) is 5.04. The Morgan fingerprint density at radius 1 is 1.29 bits per heavy atom. The molecule has 1 aliphatic rings. The van der Waals surface area contributed by atoms with Crippen LogP contribution in [0.15, 0.2) is 40.9 Å². The summed E-state index contributed by atoms with van der Waals surface area (Å²) in [6.45, 7) is 3.56. The third-order valence-electron chi connectivity index (χ3n) is 4.01. The molecule has 4 heteroatoms. The largest absolute Gasteiger partial charge is 0.459 e. The molecule has 1 saturated carbocycles. The van der Waals surface area contributed by atoms with Crippen molar-refractivity contribution >= 4 is 11.0 Å². The van der Waals surface area contributed by atoms with E-state index in [1.807, 2.05) is 36.0 Å². The zero-order valence-electron chi connectivity index (χ0n) is 12.2. The summed E-state index contributed by atoms with van der Waals surface area (Å²) in [6.07, 6.45) is 4.59. The Hall–Kier alpha value is -2.07. The first-order chi connectivity index (χ1) is 10.3. The van der Waals surface area contributed by atoms with E-state index in [2.05, 4.69) is 22.5 Å². The van der Waals surface area contributed by atoms with Crippen LogP contribution in [0.2, 0.25) is 0 Å². The van der Waals surface area contributed by atoms with Crippen LogP contribution in [0, 0.1) is 6.92 Å². The number of furan rings is 1. The molecule has 0 saturated heterocycles. The minimum absolute atomic E-state index is 0.685. The van der Waals surface area contributed by atoms with Crippen LogP contribution in [0.4, 0.5) is 0 Å². The molecule has 4 rings (SSSR count). The maximum Gasteiger partial charge on any atom is 0.134 e. The molecular formula is C17H19N3O. The van der Waals surface area contributed by atoms with Crippen molar-refractivity contribution < 1.29 is 4.42 Å². The Kier molecular flexibility index (Phi) is 3.04. The SMILES string of the molecule is Cc1ccn(Cc2oc3ccccc3c2CNC2CC2)n1. The number of benzene rings is 1. The highest BCUT2D eigenvalue weighted by atomic mass is 16.3. The van der Waals surface area contributed by atoms with Crippen LogP contribution < -0.4 is 5.32 Å². The van der Waals surface area contributed by atoms with Crippen LogP contribution in [-0.2, 0) is 13.1 Å². The first-order valence-electron chi connectivity index (χ1n) is 7.52. The summed E-state index contributed by atoms with van der Waals surface area (Å²) in [7, 11) is 0. The maximum absolute atomic E-state index is 6.06. The molecule has 0 aliphatic heterocycles. The summed E-state index contributed by atoms with van der Waals surface area (Å²) in [6, 6.07) is 11.0. The average molecular weight is 281 g/mol. The minimum Gasteiger partial charge on any atom is -0.459 e. The van der Waals surface area contributed by atoms with Gasteiger partial charge in [0.15, 0.2) is 0 Å². The van der Waals surface area contributed by atoms with Gasteiger partial charge in [-0.1, -0.05) is 18.2 Å². The second-order valence-electron chi connectivity index (χ2n) is 5.81. The number of aryl methyl sites for hydroxylation is 1. The molecule has 21 heavy (non-hydrogen) atoms. The van der Waals surface area contributed by atoms with E-state index in [1.54, 1.807) is 0 Å². The first kappa shape index (κ1) is 12.7. The number of fused-ring (bicyclic) bond motifs is 1. The molecule has 3 aromatic rings. The zero-order valence-corrected chi connectivity index (χ0v) is 12.2. The standard InChI is InChI=1S/C17H19N3O/c1-12-8-9-20(19-12)11-17-15(10-18-13-6-7-13)14-4-2-3-5-16(14)21-17/h2-5,8-9,13,18H,6-7,10-11H2,1H3. The van der Waals surface area contributed by atoms with Gasteiger partial charge in [-0.3, -0.25) is 4.68 Å². The van der Waals surface area contributed by atoms with Gasteiger partial charge >= 0.3 is 0 Å². The van der Waals surface area contributed by atoms with Gasteiger partial charge in [-0.25, -0.2) is 0 Å². The van der Waals surface area contributed by atoms with E-state index >= 15 is 0 Å². The Labute approximate surface area is 123 Å². The molecule has 0 spiro atoms. The summed E-state index contributed by atoms with van der Waals surface area (Å²) in [5, 5.41) is 9.27. The Morgan fingerprint density at radius 3 is 2.90 bits per heavy atom. The highest BCUT2D eigenvalue weighted by Crippen LogP contribution is 2.28. The van der Waals surface area contributed by atoms with Crippen LogP contribution in [0.1, 0.15) is 29.9 Å². The van der Waals surface area contributed by atoms with E-state index in [0.29, 0.717) is 12.6 Å². The summed E-state index contributed by atoms with van der Waals surface area (Å²) < 4.78 is 8.00. The molecule has 1 aliphatic carbocycles. The number of hydrogen-bond donors (Lipinski definition) is 1. The lowest BCUT2D eigenvalue weighted by Gasteiger charge is -2.05. The summed E-state index contributed by atoms with van der Waals surface area (Å²) in [5.41, 5.74) is 3.26. The lowest BCUT2D eigenvalue weighted by atomic mass is 10.1. The number of aromatic nitrogens is 2. The van der Waals surface area contributed by atoms with Crippen LogP contribution in [0.5, 0.6) is 0 Å². The van der Waals surface area contributed by atoms with Gasteiger partial charge < -0.3 is 9.73 Å². The van der Waals surface area contributed by atoms with Gasteiger partial charge in [0.2, 0.25) is 0 Å². The average Bonchev–Trinajstić information content (AvgIpc) is 3.13. The third kappa shape index (κ3) is 2.59. The van der Waals surface area contributed by atoms with E-state index in [4.69, 9.17) is 4.42 Å². The molecule has 0 amide bonds. The number of nitrogens with one attached hydrogen (secondary N) is 1. The van der Waals surface area contributed by atoms with Crippen LogP contribution in [-0.4, -0.2) is 15.8 Å². The lowest BCUT2D eigenvalue weighted by Crippen LogP contribution is -2.16. The quantitative estimate of drug-likeness (QED) is 0.780. The van der Waals surface area contributed by atoms with Gasteiger partial charge in [-0.2, -0.15) is 5.10 Å².